The molecule has 0 fully saturated rings. The Morgan fingerprint density at radius 2 is 1.95 bits per heavy atom. The van der Waals surface area contributed by atoms with Gasteiger partial charge in [0.2, 0.25) is 0 Å². The number of hydrogen-bond acceptors (Lipinski definition) is 3. The highest BCUT2D eigenvalue weighted by atomic mass is 35.5. The Morgan fingerprint density at radius 1 is 1.21 bits per heavy atom. The first kappa shape index (κ1) is 14.1. The Hall–Kier alpha value is -1.30. The molecule has 0 saturated heterocycles. The summed E-state index contributed by atoms with van der Waals surface area (Å²) in [7, 11) is -3.79. The van der Waals surface area contributed by atoms with Gasteiger partial charge >= 0.3 is 0 Å². The van der Waals surface area contributed by atoms with Crippen LogP contribution in [0.2, 0.25) is 10.2 Å². The van der Waals surface area contributed by atoms with Crippen LogP contribution in [0.15, 0.2) is 41.4 Å². The number of benzene rings is 1. The van der Waals surface area contributed by atoms with Crippen molar-refractivity contribution in [2.24, 2.45) is 0 Å². The lowest BCUT2D eigenvalue weighted by atomic mass is 10.2. The lowest BCUT2D eigenvalue weighted by Gasteiger charge is -2.10. The summed E-state index contributed by atoms with van der Waals surface area (Å²) in [6.07, 6.45) is 1.47. The van der Waals surface area contributed by atoms with Gasteiger partial charge in [0.05, 0.1) is 10.7 Å². The quantitative estimate of drug-likeness (QED) is 0.882. The number of nitrogens with one attached hydrogen (secondary N) is 1. The predicted octanol–water partition coefficient (Wildman–Crippen LogP) is 3.50. The van der Waals surface area contributed by atoms with Crippen molar-refractivity contribution in [3.63, 3.8) is 0 Å². The molecule has 0 spiro atoms. The largest absolute Gasteiger partial charge is 0.276 e. The molecule has 0 aliphatic rings. The number of rotatable bonds is 3. The second-order valence-corrected chi connectivity index (χ2v) is 6.30. The molecule has 4 nitrogen and oxygen atoms in total. The molecule has 0 aliphatic heterocycles. The Morgan fingerprint density at radius 3 is 2.58 bits per heavy atom. The van der Waals surface area contributed by atoms with Crippen molar-refractivity contribution in [2.75, 3.05) is 4.72 Å². The maximum Gasteiger partial charge on any atom is 0.263 e. The van der Waals surface area contributed by atoms with Gasteiger partial charge in [-0.15, -0.1) is 0 Å². The van der Waals surface area contributed by atoms with E-state index in [1.54, 1.807) is 18.2 Å². The highest BCUT2D eigenvalue weighted by Gasteiger charge is 2.19. The lowest BCUT2D eigenvalue weighted by Crippen LogP contribution is -2.14. The zero-order chi connectivity index (χ0) is 14.0. The Kier molecular flexibility index (Phi) is 3.99. The molecule has 0 aliphatic carbocycles. The van der Waals surface area contributed by atoms with Crippen LogP contribution in [0.1, 0.15) is 5.56 Å². The molecule has 2 rings (SSSR count). The highest BCUT2D eigenvalue weighted by molar-refractivity contribution is 7.92. The first-order chi connectivity index (χ1) is 8.90. The van der Waals surface area contributed by atoms with E-state index >= 15 is 0 Å². The summed E-state index contributed by atoms with van der Waals surface area (Å²) in [6, 6.07) is 7.81. The van der Waals surface area contributed by atoms with Gasteiger partial charge in [0.25, 0.3) is 10.0 Å². The SMILES string of the molecule is Cc1ccc(S(=O)(=O)Nc2cccnc2Cl)c(Cl)c1. The number of aromatic nitrogens is 1. The van der Waals surface area contributed by atoms with Gasteiger partial charge in [0, 0.05) is 6.20 Å². The van der Waals surface area contributed by atoms with Crippen molar-refractivity contribution in [1.29, 1.82) is 0 Å². The number of halogens is 2. The van der Waals surface area contributed by atoms with Crippen LogP contribution in [0, 0.1) is 6.92 Å². The van der Waals surface area contributed by atoms with Crippen molar-refractivity contribution >= 4 is 38.9 Å². The lowest BCUT2D eigenvalue weighted by molar-refractivity contribution is 0.601. The molecular formula is C12H10Cl2N2O2S. The third-order valence-electron chi connectivity index (χ3n) is 2.38. The van der Waals surface area contributed by atoms with Crippen LogP contribution in [-0.4, -0.2) is 13.4 Å². The highest BCUT2D eigenvalue weighted by Crippen LogP contribution is 2.26. The molecular weight excluding hydrogens is 307 g/mol. The van der Waals surface area contributed by atoms with Gasteiger partial charge in [0.15, 0.2) is 5.15 Å². The Balaban J connectivity index is 2.41. The third kappa shape index (κ3) is 3.18. The number of nitrogens with zero attached hydrogens (tertiary/aromatic N) is 1. The molecule has 100 valence electrons. The average molecular weight is 317 g/mol. The standard InChI is InChI=1S/C12H10Cl2N2O2S/c1-8-4-5-11(9(13)7-8)19(17,18)16-10-3-2-6-15-12(10)14/h2-7,16H,1H3. The molecule has 0 unspecified atom stereocenters. The van der Waals surface area contributed by atoms with Crippen LogP contribution in [0.5, 0.6) is 0 Å². The van der Waals surface area contributed by atoms with Gasteiger partial charge in [0.1, 0.15) is 4.90 Å². The van der Waals surface area contributed by atoms with E-state index < -0.39 is 10.0 Å². The number of hydrogen-bond donors (Lipinski definition) is 1. The average Bonchev–Trinajstić information content (AvgIpc) is 2.31. The molecule has 0 radical (unpaired) electrons. The normalized spacial score (nSPS) is 11.3. The smallest absolute Gasteiger partial charge is 0.263 e. The van der Waals surface area contributed by atoms with Crippen molar-refractivity contribution in [3.8, 4) is 0 Å². The van der Waals surface area contributed by atoms with Crippen LogP contribution < -0.4 is 4.72 Å². The monoisotopic (exact) mass is 316 g/mol. The van der Waals surface area contributed by atoms with Crippen molar-refractivity contribution in [3.05, 3.63) is 52.3 Å². The third-order valence-corrected chi connectivity index (χ3v) is 4.53. The van der Waals surface area contributed by atoms with E-state index in [0.29, 0.717) is 0 Å². The summed E-state index contributed by atoms with van der Waals surface area (Å²) in [5.74, 6) is 0. The molecule has 0 bridgehead atoms. The maximum absolute atomic E-state index is 12.2. The van der Waals surface area contributed by atoms with Crippen LogP contribution >= 0.6 is 23.2 Å². The van der Waals surface area contributed by atoms with Crippen molar-refractivity contribution in [1.82, 2.24) is 4.98 Å². The van der Waals surface area contributed by atoms with E-state index in [1.807, 2.05) is 6.92 Å². The van der Waals surface area contributed by atoms with Crippen LogP contribution in [0.3, 0.4) is 0 Å². The zero-order valence-corrected chi connectivity index (χ0v) is 12.2. The van der Waals surface area contributed by atoms with E-state index in [0.717, 1.165) is 5.56 Å². The fourth-order valence-electron chi connectivity index (χ4n) is 1.49. The van der Waals surface area contributed by atoms with Crippen LogP contribution in [-0.2, 0) is 10.0 Å². The van der Waals surface area contributed by atoms with Gasteiger partial charge in [-0.1, -0.05) is 29.3 Å². The second kappa shape index (κ2) is 5.36. The second-order valence-electron chi connectivity index (χ2n) is 3.88. The minimum Gasteiger partial charge on any atom is -0.276 e. The van der Waals surface area contributed by atoms with Crippen LogP contribution in [0.4, 0.5) is 5.69 Å². The molecule has 19 heavy (non-hydrogen) atoms. The molecule has 0 atom stereocenters. The van der Waals surface area contributed by atoms with E-state index in [2.05, 4.69) is 9.71 Å². The molecule has 0 saturated carbocycles. The van der Waals surface area contributed by atoms with Crippen molar-refractivity contribution < 1.29 is 8.42 Å². The molecule has 1 N–H and O–H groups in total. The summed E-state index contributed by atoms with van der Waals surface area (Å²) in [4.78, 5) is 3.80. The van der Waals surface area contributed by atoms with E-state index in [-0.39, 0.29) is 20.8 Å². The Bertz CT molecular complexity index is 717. The number of pyridine rings is 1. The fourth-order valence-corrected chi connectivity index (χ4v) is 3.38. The van der Waals surface area contributed by atoms with E-state index in [9.17, 15) is 8.42 Å². The molecule has 2 aromatic rings. The number of anilines is 1. The van der Waals surface area contributed by atoms with Gasteiger partial charge in [-0.3, -0.25) is 4.72 Å². The summed E-state index contributed by atoms with van der Waals surface area (Å²) < 4.78 is 26.8. The van der Waals surface area contributed by atoms with Crippen LogP contribution in [0.25, 0.3) is 0 Å². The first-order valence-electron chi connectivity index (χ1n) is 5.29. The summed E-state index contributed by atoms with van der Waals surface area (Å²) in [6.45, 7) is 1.83. The molecule has 1 aromatic heterocycles. The Labute approximate surface area is 121 Å². The number of sulfonamides is 1. The molecule has 0 amide bonds. The topological polar surface area (TPSA) is 59.1 Å². The summed E-state index contributed by atoms with van der Waals surface area (Å²) >= 11 is 11.8. The van der Waals surface area contributed by atoms with Gasteiger partial charge in [-0.2, -0.15) is 0 Å². The number of aryl methyl sites for hydroxylation is 1. The molecule has 1 aromatic carbocycles. The minimum absolute atomic E-state index is 0.000290. The van der Waals surface area contributed by atoms with E-state index in [4.69, 9.17) is 23.2 Å². The fraction of sp³-hybridized carbons (Fsp3) is 0.0833. The first-order valence-corrected chi connectivity index (χ1v) is 7.53. The summed E-state index contributed by atoms with van der Waals surface area (Å²) in [5.41, 5.74) is 1.09. The zero-order valence-electron chi connectivity index (χ0n) is 9.89. The van der Waals surface area contributed by atoms with Gasteiger partial charge in [-0.25, -0.2) is 13.4 Å². The minimum atomic E-state index is -3.79. The molecule has 7 heteroatoms. The maximum atomic E-state index is 12.2. The summed E-state index contributed by atoms with van der Waals surface area (Å²) in [5, 5.41) is 0.238. The molecule has 1 heterocycles. The van der Waals surface area contributed by atoms with Gasteiger partial charge in [-0.05, 0) is 36.8 Å². The van der Waals surface area contributed by atoms with E-state index in [1.165, 1.54) is 18.3 Å². The van der Waals surface area contributed by atoms with Gasteiger partial charge < -0.3 is 0 Å². The predicted molar refractivity (Wildman–Crippen MR) is 76.2 cm³/mol. The van der Waals surface area contributed by atoms with Crippen molar-refractivity contribution in [2.45, 2.75) is 11.8 Å².